The molecule has 0 saturated carbocycles. The first-order chi connectivity index (χ1) is 9.96. The van der Waals surface area contributed by atoms with E-state index >= 15 is 0 Å². The van der Waals surface area contributed by atoms with Crippen molar-refractivity contribution in [1.29, 1.82) is 0 Å². The van der Waals surface area contributed by atoms with E-state index in [1.54, 1.807) is 24.3 Å². The van der Waals surface area contributed by atoms with Crippen LogP contribution in [0.3, 0.4) is 0 Å². The number of likely N-dealkylation sites (N-methyl/N-ethyl adjacent to an activating group) is 1. The molecule has 0 unspecified atom stereocenters. The fourth-order valence-corrected chi connectivity index (χ4v) is 3.12. The predicted octanol–water partition coefficient (Wildman–Crippen LogP) is 2.13. The number of sulfonamides is 1. The molecule has 0 heterocycles. The van der Waals surface area contributed by atoms with Gasteiger partial charge in [-0.3, -0.25) is 9.52 Å². The molecule has 1 rings (SSSR count). The Morgan fingerprint density at radius 3 is 2.43 bits per heavy atom. The lowest BCUT2D eigenvalue weighted by Gasteiger charge is -2.08. The molecule has 2 N–H and O–H groups in total. The van der Waals surface area contributed by atoms with Gasteiger partial charge in [-0.25, -0.2) is 8.42 Å². The van der Waals surface area contributed by atoms with Crippen molar-refractivity contribution in [3.05, 3.63) is 29.8 Å². The zero-order valence-corrected chi connectivity index (χ0v) is 13.6. The highest BCUT2D eigenvalue weighted by molar-refractivity contribution is 7.92. The molecule has 7 heteroatoms. The van der Waals surface area contributed by atoms with Crippen molar-refractivity contribution in [3.63, 3.8) is 0 Å². The van der Waals surface area contributed by atoms with Gasteiger partial charge in [0.05, 0.1) is 12.2 Å². The van der Waals surface area contributed by atoms with Gasteiger partial charge in [0.15, 0.2) is 0 Å². The molecule has 0 radical (unpaired) electrons. The summed E-state index contributed by atoms with van der Waals surface area (Å²) in [6.07, 6.45) is 1.50. The first kappa shape index (κ1) is 17.8. The molecule has 0 bridgehead atoms. The van der Waals surface area contributed by atoms with E-state index in [9.17, 15) is 13.2 Å². The lowest BCUT2D eigenvalue weighted by molar-refractivity contribution is -0.120. The van der Waals surface area contributed by atoms with Crippen molar-refractivity contribution in [2.75, 3.05) is 22.9 Å². The molecule has 1 amide bonds. The molecule has 0 spiro atoms. The van der Waals surface area contributed by atoms with Crippen molar-refractivity contribution in [1.82, 2.24) is 5.32 Å². The van der Waals surface area contributed by atoms with E-state index in [-0.39, 0.29) is 18.1 Å². The van der Waals surface area contributed by atoms with Crippen LogP contribution in [0.4, 0.5) is 5.69 Å². The van der Waals surface area contributed by atoms with Crippen LogP contribution in [-0.2, 0) is 21.2 Å². The number of nitrogens with one attached hydrogen (secondary N) is 2. The maximum atomic E-state index is 11.8. The van der Waals surface area contributed by atoms with Gasteiger partial charge in [0, 0.05) is 18.1 Å². The SMILES string of the molecule is CCNC(=O)Cc1ccc(NS(=O)(=O)CCCCCl)cc1. The van der Waals surface area contributed by atoms with Crippen molar-refractivity contribution >= 4 is 33.2 Å². The van der Waals surface area contributed by atoms with Crippen LogP contribution in [-0.4, -0.2) is 32.5 Å². The molecule has 118 valence electrons. The average Bonchev–Trinajstić information content (AvgIpc) is 2.41. The number of benzene rings is 1. The summed E-state index contributed by atoms with van der Waals surface area (Å²) in [5.74, 6) is 0.469. The Morgan fingerprint density at radius 2 is 1.86 bits per heavy atom. The summed E-state index contributed by atoms with van der Waals surface area (Å²) in [6, 6.07) is 6.80. The summed E-state index contributed by atoms with van der Waals surface area (Å²) >= 11 is 5.52. The highest BCUT2D eigenvalue weighted by Gasteiger charge is 2.10. The van der Waals surface area contributed by atoms with Crippen LogP contribution < -0.4 is 10.0 Å². The number of carbonyl (C=O) groups excluding carboxylic acids is 1. The second kappa shape index (κ2) is 8.89. The minimum absolute atomic E-state index is 0.0492. The van der Waals surface area contributed by atoms with Gasteiger partial charge < -0.3 is 5.32 Å². The lowest BCUT2D eigenvalue weighted by Crippen LogP contribution is -2.24. The quantitative estimate of drug-likeness (QED) is 0.537. The van der Waals surface area contributed by atoms with Gasteiger partial charge >= 0.3 is 0 Å². The Bertz CT molecular complexity index is 544. The van der Waals surface area contributed by atoms with Crippen LogP contribution in [0.15, 0.2) is 24.3 Å². The Kier molecular flexibility index (Phi) is 7.53. The number of hydrogen-bond donors (Lipinski definition) is 2. The summed E-state index contributed by atoms with van der Waals surface area (Å²) in [6.45, 7) is 2.46. The molecule has 0 aliphatic rings. The third kappa shape index (κ3) is 7.34. The first-order valence-electron chi connectivity index (χ1n) is 6.89. The van der Waals surface area contributed by atoms with Crippen molar-refractivity contribution in [2.24, 2.45) is 0 Å². The Labute approximate surface area is 131 Å². The minimum Gasteiger partial charge on any atom is -0.356 e. The van der Waals surface area contributed by atoms with E-state index in [4.69, 9.17) is 11.6 Å². The predicted molar refractivity (Wildman–Crippen MR) is 86.2 cm³/mol. The summed E-state index contributed by atoms with van der Waals surface area (Å²) in [5, 5.41) is 2.71. The van der Waals surface area contributed by atoms with Gasteiger partial charge in [-0.1, -0.05) is 12.1 Å². The van der Waals surface area contributed by atoms with E-state index in [0.29, 0.717) is 31.0 Å². The number of anilines is 1. The largest absolute Gasteiger partial charge is 0.356 e. The van der Waals surface area contributed by atoms with Crippen LogP contribution in [0.25, 0.3) is 0 Å². The number of unbranched alkanes of at least 4 members (excludes halogenated alkanes) is 1. The molecule has 0 atom stereocenters. The van der Waals surface area contributed by atoms with Crippen molar-refractivity contribution in [3.8, 4) is 0 Å². The van der Waals surface area contributed by atoms with Crippen LogP contribution in [0.5, 0.6) is 0 Å². The van der Waals surface area contributed by atoms with Gasteiger partial charge in [-0.05, 0) is 37.5 Å². The fourth-order valence-electron chi connectivity index (χ4n) is 1.75. The molecule has 0 aliphatic carbocycles. The van der Waals surface area contributed by atoms with Crippen molar-refractivity contribution in [2.45, 2.75) is 26.2 Å². The van der Waals surface area contributed by atoms with Crippen LogP contribution in [0.2, 0.25) is 0 Å². The third-order valence-electron chi connectivity index (χ3n) is 2.76. The molecular formula is C14H21ClN2O3S. The van der Waals surface area contributed by atoms with Crippen molar-refractivity contribution < 1.29 is 13.2 Å². The molecule has 21 heavy (non-hydrogen) atoms. The second-order valence-corrected chi connectivity index (χ2v) is 6.86. The molecule has 0 fully saturated rings. The molecule has 0 aliphatic heterocycles. The topological polar surface area (TPSA) is 75.3 Å². The Balaban J connectivity index is 2.56. The average molecular weight is 333 g/mol. The molecule has 5 nitrogen and oxygen atoms in total. The molecule has 0 aromatic heterocycles. The van der Waals surface area contributed by atoms with Gasteiger partial charge in [-0.15, -0.1) is 11.6 Å². The van der Waals surface area contributed by atoms with E-state index in [2.05, 4.69) is 10.0 Å². The van der Waals surface area contributed by atoms with E-state index in [1.165, 1.54) is 0 Å². The highest BCUT2D eigenvalue weighted by atomic mass is 35.5. The van der Waals surface area contributed by atoms with Crippen LogP contribution >= 0.6 is 11.6 Å². The fraction of sp³-hybridized carbons (Fsp3) is 0.500. The maximum absolute atomic E-state index is 11.8. The zero-order valence-electron chi connectivity index (χ0n) is 12.1. The second-order valence-electron chi connectivity index (χ2n) is 4.64. The number of amides is 1. The first-order valence-corrected chi connectivity index (χ1v) is 9.07. The summed E-state index contributed by atoms with van der Waals surface area (Å²) < 4.78 is 26.1. The monoisotopic (exact) mass is 332 g/mol. The van der Waals surface area contributed by atoms with E-state index in [1.807, 2.05) is 6.92 Å². The smallest absolute Gasteiger partial charge is 0.232 e. The number of hydrogen-bond acceptors (Lipinski definition) is 3. The maximum Gasteiger partial charge on any atom is 0.232 e. The van der Waals surface area contributed by atoms with E-state index in [0.717, 1.165) is 5.56 Å². The summed E-state index contributed by atoms with van der Waals surface area (Å²) in [5.41, 5.74) is 1.34. The Hall–Kier alpha value is -1.27. The number of rotatable bonds is 9. The van der Waals surface area contributed by atoms with Gasteiger partial charge in [0.25, 0.3) is 0 Å². The van der Waals surface area contributed by atoms with Crippen LogP contribution in [0.1, 0.15) is 25.3 Å². The normalized spacial score (nSPS) is 11.1. The number of alkyl halides is 1. The molecule has 1 aromatic rings. The lowest BCUT2D eigenvalue weighted by atomic mass is 10.1. The van der Waals surface area contributed by atoms with Gasteiger partial charge in [-0.2, -0.15) is 0 Å². The van der Waals surface area contributed by atoms with Crippen LogP contribution in [0, 0.1) is 0 Å². The van der Waals surface area contributed by atoms with Gasteiger partial charge in [0.1, 0.15) is 0 Å². The number of carbonyl (C=O) groups is 1. The number of halogens is 1. The summed E-state index contributed by atoms with van der Waals surface area (Å²) in [7, 11) is -3.34. The Morgan fingerprint density at radius 1 is 1.19 bits per heavy atom. The van der Waals surface area contributed by atoms with Gasteiger partial charge in [0.2, 0.25) is 15.9 Å². The highest BCUT2D eigenvalue weighted by Crippen LogP contribution is 2.12. The van der Waals surface area contributed by atoms with E-state index < -0.39 is 10.0 Å². The molecular weight excluding hydrogens is 312 g/mol. The molecule has 0 saturated heterocycles. The zero-order chi connectivity index (χ0) is 15.7. The summed E-state index contributed by atoms with van der Waals surface area (Å²) in [4.78, 5) is 11.4. The third-order valence-corrected chi connectivity index (χ3v) is 4.40. The minimum atomic E-state index is -3.34. The standard InChI is InChI=1S/C14H21ClN2O3S/c1-2-16-14(18)11-12-5-7-13(8-6-12)17-21(19,20)10-4-3-9-15/h5-8,17H,2-4,9-11H2,1H3,(H,16,18). The molecule has 1 aromatic carbocycles.